The minimum absolute atomic E-state index is 0.0570. The van der Waals surface area contributed by atoms with Gasteiger partial charge in [-0.15, -0.1) is 0 Å². The number of thioether (sulfide) groups is 1. The van der Waals surface area contributed by atoms with E-state index >= 15 is 0 Å². The number of nitrogens with one attached hydrogen (secondary N) is 3. The fraction of sp³-hybridized carbons (Fsp3) is 0.158. The van der Waals surface area contributed by atoms with Crippen LogP contribution in [0.1, 0.15) is 57.5 Å². The monoisotopic (exact) mass is 792 g/mol. The maximum absolute atomic E-state index is 14.8. The molecule has 10 nitrogen and oxygen atoms in total. The van der Waals surface area contributed by atoms with Crippen LogP contribution in [0, 0.1) is 0 Å². The molecular weight excluding hydrogens is 764 g/mol. The molecule has 0 spiro atoms. The zero-order chi connectivity index (χ0) is 38.8. The molecule has 0 radical (unpaired) electrons. The quantitative estimate of drug-likeness (QED) is 0.0949. The number of alkyl halides is 3. The third-order valence-electron chi connectivity index (χ3n) is 9.03. The molecule has 54 heavy (non-hydrogen) atoms. The van der Waals surface area contributed by atoms with Crippen molar-refractivity contribution >= 4 is 76.0 Å². The number of urea groups is 1. The van der Waals surface area contributed by atoms with Crippen LogP contribution in [0.15, 0.2) is 114 Å². The molecule has 276 valence electrons. The van der Waals surface area contributed by atoms with E-state index in [2.05, 4.69) is 25.9 Å². The molecule has 16 heteroatoms. The Kier molecular flexibility index (Phi) is 11.0. The number of rotatable bonds is 10. The van der Waals surface area contributed by atoms with E-state index in [0.29, 0.717) is 32.3 Å². The Labute approximate surface area is 321 Å². The van der Waals surface area contributed by atoms with E-state index in [1.807, 2.05) is 0 Å². The predicted molar refractivity (Wildman–Crippen MR) is 201 cm³/mol. The predicted octanol–water partition coefficient (Wildman–Crippen LogP) is 9.30. The fourth-order valence-electron chi connectivity index (χ4n) is 6.23. The van der Waals surface area contributed by atoms with Gasteiger partial charge in [0.15, 0.2) is 0 Å². The number of aromatic nitrogens is 2. The number of pyridine rings is 2. The summed E-state index contributed by atoms with van der Waals surface area (Å²) in [7, 11) is 0. The summed E-state index contributed by atoms with van der Waals surface area (Å²) in [6, 6.07) is 23.1. The summed E-state index contributed by atoms with van der Waals surface area (Å²) in [5.74, 6) is -2.86. The first-order valence-electron chi connectivity index (χ1n) is 16.2. The number of hydrogen-bond donors (Lipinski definition) is 3. The number of carbonyl (C=O) groups excluding carboxylic acids is 4. The van der Waals surface area contributed by atoms with Crippen molar-refractivity contribution in [3.8, 4) is 0 Å². The van der Waals surface area contributed by atoms with Crippen LogP contribution in [-0.4, -0.2) is 44.8 Å². The van der Waals surface area contributed by atoms with E-state index in [-0.39, 0.29) is 34.0 Å². The summed E-state index contributed by atoms with van der Waals surface area (Å²) in [6.45, 7) is 3.46. The lowest BCUT2D eigenvalue weighted by molar-refractivity contribution is -0.123. The molecule has 1 saturated heterocycles. The lowest BCUT2D eigenvalue weighted by Crippen LogP contribution is -2.55. The Bertz CT molecular complexity index is 2120. The Balaban J connectivity index is 1.36. The highest BCUT2D eigenvalue weighted by Crippen LogP contribution is 2.46. The van der Waals surface area contributed by atoms with Gasteiger partial charge in [-0.1, -0.05) is 37.0 Å². The van der Waals surface area contributed by atoms with E-state index < -0.39 is 46.6 Å². The Morgan fingerprint density at radius 3 is 1.61 bits per heavy atom. The Morgan fingerprint density at radius 1 is 0.741 bits per heavy atom. The number of halogens is 5. The lowest BCUT2D eigenvalue weighted by Gasteiger charge is -2.39. The molecule has 3 heterocycles. The molecule has 0 bridgehead atoms. The average Bonchev–Trinajstić information content (AvgIpc) is 3.41. The highest BCUT2D eigenvalue weighted by atomic mass is 35.5. The molecule has 1 aliphatic rings. The molecule has 2 atom stereocenters. The minimum atomic E-state index is -4.53. The van der Waals surface area contributed by atoms with Crippen LogP contribution in [0.3, 0.4) is 0 Å². The van der Waals surface area contributed by atoms with Gasteiger partial charge >= 0.3 is 11.5 Å². The first-order valence-corrected chi connectivity index (χ1v) is 17.8. The molecule has 6 rings (SSSR count). The zero-order valence-electron chi connectivity index (χ0n) is 28.3. The van der Waals surface area contributed by atoms with E-state index in [4.69, 9.17) is 23.2 Å². The van der Waals surface area contributed by atoms with Crippen molar-refractivity contribution in [3.05, 3.63) is 142 Å². The molecular formula is C38H29Cl2F3N6O4S. The molecule has 1 aliphatic heterocycles. The van der Waals surface area contributed by atoms with Gasteiger partial charge in [0.25, 0.3) is 17.7 Å². The van der Waals surface area contributed by atoms with E-state index in [0.717, 1.165) is 4.90 Å². The number of nitrogens with zero attached hydrogens (tertiary/aromatic N) is 3. The van der Waals surface area contributed by atoms with Gasteiger partial charge < -0.3 is 16.0 Å². The number of carbonyl (C=O) groups is 4. The van der Waals surface area contributed by atoms with Crippen LogP contribution >= 0.6 is 35.0 Å². The molecule has 2 aromatic heterocycles. The smallest absolute Gasteiger partial charge is 0.322 e. The second-order valence-corrected chi connectivity index (χ2v) is 14.3. The van der Waals surface area contributed by atoms with Gasteiger partial charge in [-0.2, -0.15) is 13.2 Å². The number of hydrogen-bond acceptors (Lipinski definition) is 7. The Hall–Kier alpha value is -5.44. The SMILES string of the molecule is CC(c1ccnc(NC(=O)c2ccc(Cl)cc2)c1)C1(C(C)c2ccnc(NC(=O)c3ccc(Cl)cc3)c2)NC(=O)N(c2ccc(SC(F)(F)F)cc2)C1=O. The molecule has 3 aromatic carbocycles. The summed E-state index contributed by atoms with van der Waals surface area (Å²) in [4.78, 5) is 64.0. The topological polar surface area (TPSA) is 133 Å². The highest BCUT2D eigenvalue weighted by Gasteiger charge is 2.58. The van der Waals surface area contributed by atoms with Gasteiger partial charge in [0, 0.05) is 50.3 Å². The van der Waals surface area contributed by atoms with Gasteiger partial charge in [0.2, 0.25) is 0 Å². The maximum Gasteiger partial charge on any atom is 0.446 e. The van der Waals surface area contributed by atoms with Crippen molar-refractivity contribution < 1.29 is 32.3 Å². The van der Waals surface area contributed by atoms with Crippen molar-refractivity contribution in [1.82, 2.24) is 15.3 Å². The van der Waals surface area contributed by atoms with Gasteiger partial charge in [0.1, 0.15) is 17.2 Å². The zero-order valence-corrected chi connectivity index (χ0v) is 30.6. The summed E-state index contributed by atoms with van der Waals surface area (Å²) >= 11 is 11.6. The van der Waals surface area contributed by atoms with Crippen LogP contribution in [-0.2, 0) is 4.79 Å². The number of amides is 5. The normalized spacial score (nSPS) is 16.8. The number of anilines is 3. The van der Waals surface area contributed by atoms with E-state index in [1.165, 1.54) is 36.7 Å². The summed E-state index contributed by atoms with van der Waals surface area (Å²) in [5.41, 5.74) is -4.50. The minimum Gasteiger partial charge on any atom is -0.322 e. The maximum atomic E-state index is 14.8. The molecule has 0 saturated carbocycles. The van der Waals surface area contributed by atoms with Gasteiger partial charge in [-0.25, -0.2) is 19.7 Å². The van der Waals surface area contributed by atoms with E-state index in [1.54, 1.807) is 86.6 Å². The average molecular weight is 794 g/mol. The standard InChI is InChI=1S/C38H29Cl2F3N6O4S/c1-21(25-15-17-44-31(19-25)46-33(50)23-3-7-27(39)8-4-23)37(35(52)49(36(53)48-37)29-11-13-30(14-12-29)54-38(41,42)43)22(2)26-16-18-45-32(20-26)47-34(51)24-5-9-28(40)10-6-24/h3-22H,1-2H3,(H,48,53)(H,44,46,50)(H,45,47,51). The second kappa shape index (κ2) is 15.5. The van der Waals surface area contributed by atoms with Crippen molar-refractivity contribution in [1.29, 1.82) is 0 Å². The molecule has 2 unspecified atom stereocenters. The Morgan fingerprint density at radius 2 is 1.19 bits per heavy atom. The van der Waals surface area contributed by atoms with Crippen LogP contribution in [0.5, 0.6) is 0 Å². The largest absolute Gasteiger partial charge is 0.446 e. The highest BCUT2D eigenvalue weighted by molar-refractivity contribution is 8.00. The van der Waals surface area contributed by atoms with Crippen LogP contribution in [0.25, 0.3) is 0 Å². The van der Waals surface area contributed by atoms with Crippen LogP contribution in [0.4, 0.5) is 35.3 Å². The van der Waals surface area contributed by atoms with Gasteiger partial charge in [-0.05, 0) is 120 Å². The molecule has 3 N–H and O–H groups in total. The molecule has 1 fully saturated rings. The molecule has 5 amide bonds. The number of imide groups is 1. The van der Waals surface area contributed by atoms with Crippen molar-refractivity contribution in [2.75, 3.05) is 15.5 Å². The van der Waals surface area contributed by atoms with Crippen LogP contribution in [0.2, 0.25) is 10.0 Å². The van der Waals surface area contributed by atoms with Crippen molar-refractivity contribution in [3.63, 3.8) is 0 Å². The van der Waals surface area contributed by atoms with Crippen molar-refractivity contribution in [2.24, 2.45) is 0 Å². The summed E-state index contributed by atoms with van der Waals surface area (Å²) in [5, 5.41) is 9.31. The molecule has 5 aromatic rings. The fourth-order valence-corrected chi connectivity index (χ4v) is 7.02. The molecule has 0 aliphatic carbocycles. The third kappa shape index (κ3) is 8.20. The summed E-state index contributed by atoms with van der Waals surface area (Å²) < 4.78 is 39.1. The summed E-state index contributed by atoms with van der Waals surface area (Å²) in [6.07, 6.45) is 2.91. The van der Waals surface area contributed by atoms with Crippen LogP contribution < -0.4 is 20.9 Å². The number of benzene rings is 3. The first-order chi connectivity index (χ1) is 25.6. The van der Waals surface area contributed by atoms with Crippen molar-refractivity contribution in [2.45, 2.75) is 41.6 Å². The van der Waals surface area contributed by atoms with Gasteiger partial charge in [0.05, 0.1) is 5.69 Å². The first kappa shape index (κ1) is 38.3. The third-order valence-corrected chi connectivity index (χ3v) is 10.3. The second-order valence-electron chi connectivity index (χ2n) is 12.3. The van der Waals surface area contributed by atoms with Gasteiger partial charge in [-0.3, -0.25) is 14.4 Å². The van der Waals surface area contributed by atoms with E-state index in [9.17, 15) is 32.3 Å². The lowest BCUT2D eigenvalue weighted by atomic mass is 9.70.